The van der Waals surface area contributed by atoms with E-state index in [-0.39, 0.29) is 5.78 Å². The Hall–Kier alpha value is -3.37. The third-order valence-corrected chi connectivity index (χ3v) is 5.97. The molecule has 178 valence electrons. The molecule has 0 spiro atoms. The highest BCUT2D eigenvalue weighted by atomic mass is 16.5. The maximum absolute atomic E-state index is 12.7. The maximum atomic E-state index is 12.7. The van der Waals surface area contributed by atoms with Crippen molar-refractivity contribution >= 4 is 29.3 Å². The number of carbonyl (C=O) groups is 1. The molecule has 4 heteroatoms. The molecule has 3 aromatic carbocycles. The van der Waals surface area contributed by atoms with Crippen molar-refractivity contribution in [1.82, 2.24) is 4.90 Å². The van der Waals surface area contributed by atoms with Gasteiger partial charge in [0.1, 0.15) is 5.75 Å². The SMILES string of the molecule is CCN(CC)CCCCC(=O)c1cccc(Nc2cccc(/C=C/c3ccc(OC)cc3)c2)c1. The van der Waals surface area contributed by atoms with Crippen LogP contribution in [0.1, 0.15) is 54.6 Å². The van der Waals surface area contributed by atoms with Crippen LogP contribution in [0.4, 0.5) is 11.4 Å². The minimum Gasteiger partial charge on any atom is -0.497 e. The Balaban J connectivity index is 1.57. The number of ether oxygens (including phenoxy) is 1. The largest absolute Gasteiger partial charge is 0.497 e. The van der Waals surface area contributed by atoms with Crippen LogP contribution >= 0.6 is 0 Å². The van der Waals surface area contributed by atoms with Gasteiger partial charge in [0.2, 0.25) is 0 Å². The molecule has 0 fully saturated rings. The molecule has 3 rings (SSSR count). The minimum absolute atomic E-state index is 0.208. The summed E-state index contributed by atoms with van der Waals surface area (Å²) in [6, 6.07) is 24.0. The van der Waals surface area contributed by atoms with E-state index < -0.39 is 0 Å². The summed E-state index contributed by atoms with van der Waals surface area (Å²) in [6.45, 7) is 7.55. The van der Waals surface area contributed by atoms with E-state index in [0.717, 1.165) is 66.3 Å². The summed E-state index contributed by atoms with van der Waals surface area (Å²) in [5, 5.41) is 3.44. The van der Waals surface area contributed by atoms with Crippen molar-refractivity contribution in [3.8, 4) is 5.75 Å². The Labute approximate surface area is 204 Å². The van der Waals surface area contributed by atoms with Gasteiger partial charge in [-0.25, -0.2) is 0 Å². The molecule has 0 aliphatic carbocycles. The third-order valence-electron chi connectivity index (χ3n) is 5.97. The van der Waals surface area contributed by atoms with E-state index in [1.165, 1.54) is 0 Å². The van der Waals surface area contributed by atoms with Gasteiger partial charge in [0.05, 0.1) is 7.11 Å². The van der Waals surface area contributed by atoms with Crippen molar-refractivity contribution in [2.75, 3.05) is 32.1 Å². The molecular weight excluding hydrogens is 420 g/mol. The standard InChI is InChI=1S/C30H36N2O2/c1-4-32(5-2)21-7-6-14-30(33)26-11-9-13-28(23-26)31-27-12-8-10-25(22-27)16-15-24-17-19-29(34-3)20-18-24/h8-13,15-20,22-23,31H,4-7,14,21H2,1-3H3/b16-15+. The molecule has 3 aromatic rings. The van der Waals surface area contributed by atoms with Crippen LogP contribution in [0.3, 0.4) is 0 Å². The summed E-state index contributed by atoms with van der Waals surface area (Å²) in [5.74, 6) is 1.06. The number of Topliss-reactive ketones (excluding diaryl/α,β-unsaturated/α-hetero) is 1. The van der Waals surface area contributed by atoms with Crippen LogP contribution in [-0.2, 0) is 0 Å². The number of hydrogen-bond acceptors (Lipinski definition) is 4. The van der Waals surface area contributed by atoms with Crippen LogP contribution in [0.25, 0.3) is 12.2 Å². The van der Waals surface area contributed by atoms with Gasteiger partial charge < -0.3 is 15.0 Å². The van der Waals surface area contributed by atoms with Crippen LogP contribution in [-0.4, -0.2) is 37.4 Å². The Morgan fingerprint density at radius 2 is 1.53 bits per heavy atom. The number of rotatable bonds is 13. The summed E-state index contributed by atoms with van der Waals surface area (Å²) >= 11 is 0. The molecule has 0 heterocycles. The van der Waals surface area contributed by atoms with E-state index in [1.807, 2.05) is 60.7 Å². The van der Waals surface area contributed by atoms with Crippen LogP contribution in [0.5, 0.6) is 5.75 Å². The molecule has 0 atom stereocenters. The number of anilines is 2. The highest BCUT2D eigenvalue weighted by molar-refractivity contribution is 5.97. The number of nitrogens with zero attached hydrogens (tertiary/aromatic N) is 1. The molecule has 0 bridgehead atoms. The van der Waals surface area contributed by atoms with Gasteiger partial charge in [0.25, 0.3) is 0 Å². The van der Waals surface area contributed by atoms with Crippen LogP contribution in [0.15, 0.2) is 72.8 Å². The first kappa shape index (κ1) is 25.3. The Bertz CT molecular complexity index is 1070. The summed E-state index contributed by atoms with van der Waals surface area (Å²) in [6.07, 6.45) is 6.75. The van der Waals surface area contributed by atoms with Crippen LogP contribution in [0, 0.1) is 0 Å². The van der Waals surface area contributed by atoms with Crippen molar-refractivity contribution in [2.24, 2.45) is 0 Å². The lowest BCUT2D eigenvalue weighted by molar-refractivity contribution is 0.0978. The lowest BCUT2D eigenvalue weighted by Crippen LogP contribution is -2.24. The second-order valence-electron chi connectivity index (χ2n) is 8.34. The number of methoxy groups -OCH3 is 1. The van der Waals surface area contributed by atoms with Gasteiger partial charge in [-0.3, -0.25) is 4.79 Å². The lowest BCUT2D eigenvalue weighted by Gasteiger charge is -2.17. The van der Waals surface area contributed by atoms with Crippen LogP contribution < -0.4 is 10.1 Å². The minimum atomic E-state index is 0.208. The van der Waals surface area contributed by atoms with E-state index >= 15 is 0 Å². The van der Waals surface area contributed by atoms with Crippen LogP contribution in [0.2, 0.25) is 0 Å². The first-order valence-corrected chi connectivity index (χ1v) is 12.2. The molecule has 1 N–H and O–H groups in total. The zero-order valence-corrected chi connectivity index (χ0v) is 20.6. The van der Waals surface area contributed by atoms with Gasteiger partial charge >= 0.3 is 0 Å². The lowest BCUT2D eigenvalue weighted by atomic mass is 10.0. The number of hydrogen-bond donors (Lipinski definition) is 1. The first-order valence-electron chi connectivity index (χ1n) is 12.2. The molecule has 0 aliphatic rings. The molecule has 0 saturated carbocycles. The topological polar surface area (TPSA) is 41.6 Å². The Morgan fingerprint density at radius 3 is 2.24 bits per heavy atom. The average molecular weight is 457 g/mol. The molecule has 0 unspecified atom stereocenters. The second kappa shape index (κ2) is 13.4. The fourth-order valence-electron chi connectivity index (χ4n) is 3.87. The third kappa shape index (κ3) is 7.89. The highest BCUT2D eigenvalue weighted by Gasteiger charge is 2.08. The predicted octanol–water partition coefficient (Wildman–Crippen LogP) is 7.30. The van der Waals surface area contributed by atoms with E-state index in [0.29, 0.717) is 6.42 Å². The first-order chi connectivity index (χ1) is 16.6. The average Bonchev–Trinajstić information content (AvgIpc) is 2.88. The van der Waals surface area contributed by atoms with Gasteiger partial charge in [-0.2, -0.15) is 0 Å². The molecule has 0 saturated heterocycles. The number of ketones is 1. The number of carbonyl (C=O) groups excluding carboxylic acids is 1. The Morgan fingerprint density at radius 1 is 0.853 bits per heavy atom. The molecule has 0 radical (unpaired) electrons. The zero-order valence-electron chi connectivity index (χ0n) is 20.6. The summed E-state index contributed by atoms with van der Waals surface area (Å²) in [7, 11) is 1.67. The van der Waals surface area contributed by atoms with E-state index in [1.54, 1.807) is 7.11 Å². The van der Waals surface area contributed by atoms with Crippen molar-refractivity contribution < 1.29 is 9.53 Å². The fraction of sp³-hybridized carbons (Fsp3) is 0.300. The molecule has 0 aliphatic heterocycles. The number of unbranched alkanes of at least 4 members (excludes halogenated alkanes) is 1. The van der Waals surface area contributed by atoms with Crippen molar-refractivity contribution in [2.45, 2.75) is 33.1 Å². The predicted molar refractivity (Wildman–Crippen MR) is 144 cm³/mol. The number of benzene rings is 3. The van der Waals surface area contributed by atoms with Gasteiger partial charge in [0, 0.05) is 23.4 Å². The van der Waals surface area contributed by atoms with Gasteiger partial charge in [-0.05, 0) is 80.0 Å². The summed E-state index contributed by atoms with van der Waals surface area (Å²) in [5.41, 5.74) is 4.89. The van der Waals surface area contributed by atoms with Gasteiger partial charge in [0.15, 0.2) is 5.78 Å². The van der Waals surface area contributed by atoms with Gasteiger partial charge in [-0.1, -0.05) is 62.4 Å². The summed E-state index contributed by atoms with van der Waals surface area (Å²) in [4.78, 5) is 15.1. The zero-order chi connectivity index (χ0) is 24.2. The smallest absolute Gasteiger partial charge is 0.162 e. The molecule has 4 nitrogen and oxygen atoms in total. The quantitative estimate of drug-likeness (QED) is 0.166. The molecule has 0 amide bonds. The van der Waals surface area contributed by atoms with Gasteiger partial charge in [-0.15, -0.1) is 0 Å². The molecule has 34 heavy (non-hydrogen) atoms. The van der Waals surface area contributed by atoms with E-state index in [2.05, 4.69) is 48.3 Å². The van der Waals surface area contributed by atoms with Crippen molar-refractivity contribution in [3.63, 3.8) is 0 Å². The Kier molecular flexibility index (Phi) is 9.93. The highest BCUT2D eigenvalue weighted by Crippen LogP contribution is 2.21. The monoisotopic (exact) mass is 456 g/mol. The molecule has 0 aromatic heterocycles. The second-order valence-corrected chi connectivity index (χ2v) is 8.34. The molecular formula is C30H36N2O2. The summed E-state index contributed by atoms with van der Waals surface area (Å²) < 4.78 is 5.21. The fourth-order valence-corrected chi connectivity index (χ4v) is 3.87. The van der Waals surface area contributed by atoms with E-state index in [4.69, 9.17) is 4.74 Å². The number of nitrogens with one attached hydrogen (secondary N) is 1. The van der Waals surface area contributed by atoms with Crippen molar-refractivity contribution in [3.05, 3.63) is 89.5 Å². The normalized spacial score (nSPS) is 11.2. The van der Waals surface area contributed by atoms with E-state index in [9.17, 15) is 4.79 Å². The maximum Gasteiger partial charge on any atom is 0.162 e. The van der Waals surface area contributed by atoms with Crippen molar-refractivity contribution in [1.29, 1.82) is 0 Å².